The van der Waals surface area contributed by atoms with E-state index in [-0.39, 0.29) is 28.0 Å². The molecule has 1 heterocycles. The van der Waals surface area contributed by atoms with E-state index in [4.69, 9.17) is 16.3 Å². The average molecular weight is 497 g/mol. The minimum absolute atomic E-state index is 0.104. The van der Waals surface area contributed by atoms with Gasteiger partial charge in [0.15, 0.2) is 5.69 Å². The number of amides is 2. The Balaban J connectivity index is 0.00000199. The Kier molecular flexibility index (Phi) is 8.69. The Morgan fingerprint density at radius 1 is 1.06 bits per heavy atom. The lowest BCUT2D eigenvalue weighted by Gasteiger charge is -2.14. The van der Waals surface area contributed by atoms with E-state index in [1.165, 1.54) is 50.4 Å². The molecule has 2 N–H and O–H groups in total. The van der Waals surface area contributed by atoms with Gasteiger partial charge in [-0.15, -0.1) is 0 Å². The Labute approximate surface area is 199 Å². The van der Waals surface area contributed by atoms with Gasteiger partial charge in [-0.05, 0) is 48.9 Å². The molecule has 0 fully saturated rings. The third-order valence-corrected chi connectivity index (χ3v) is 4.60. The van der Waals surface area contributed by atoms with Gasteiger partial charge in [0.25, 0.3) is 5.91 Å². The molecule has 11 heteroatoms. The molecule has 0 aliphatic rings. The third kappa shape index (κ3) is 6.28. The van der Waals surface area contributed by atoms with Crippen LogP contribution in [0.3, 0.4) is 0 Å². The highest BCUT2D eigenvalue weighted by atomic mass is 35.5. The smallest absolute Gasteiger partial charge is 0.434 e. The number of carbonyl (C=O) groups excluding carboxylic acids is 2. The zero-order valence-corrected chi connectivity index (χ0v) is 19.9. The second kappa shape index (κ2) is 11.1. The van der Waals surface area contributed by atoms with Gasteiger partial charge < -0.3 is 15.4 Å². The molecule has 0 saturated heterocycles. The highest BCUT2D eigenvalue weighted by molar-refractivity contribution is 6.31. The van der Waals surface area contributed by atoms with E-state index < -0.39 is 23.3 Å². The molecule has 0 saturated carbocycles. The van der Waals surface area contributed by atoms with Crippen LogP contribution in [-0.2, 0) is 11.0 Å². The Morgan fingerprint density at radius 2 is 1.68 bits per heavy atom. The summed E-state index contributed by atoms with van der Waals surface area (Å²) >= 11 is 5.98. The van der Waals surface area contributed by atoms with E-state index in [9.17, 15) is 22.8 Å². The summed E-state index contributed by atoms with van der Waals surface area (Å²) in [7, 11) is 1.45. The van der Waals surface area contributed by atoms with Gasteiger partial charge in [0.1, 0.15) is 5.75 Å². The number of ether oxygens (including phenoxy) is 1. The average Bonchev–Trinajstić information content (AvgIpc) is 3.20. The van der Waals surface area contributed by atoms with E-state index in [1.807, 2.05) is 13.8 Å². The van der Waals surface area contributed by atoms with Crippen molar-refractivity contribution in [2.24, 2.45) is 0 Å². The molecule has 0 aliphatic heterocycles. The van der Waals surface area contributed by atoms with E-state index in [0.29, 0.717) is 16.0 Å². The first kappa shape index (κ1) is 26.7. The van der Waals surface area contributed by atoms with Gasteiger partial charge in [-0.25, -0.2) is 4.68 Å². The molecule has 0 bridgehead atoms. The fourth-order valence-corrected chi connectivity index (χ4v) is 3.35. The van der Waals surface area contributed by atoms with Crippen LogP contribution in [0.4, 0.5) is 24.5 Å². The number of methoxy groups -OCH3 is 1. The third-order valence-electron chi connectivity index (χ3n) is 4.38. The summed E-state index contributed by atoms with van der Waals surface area (Å²) in [5, 5.41) is 8.84. The first-order chi connectivity index (χ1) is 16.0. The van der Waals surface area contributed by atoms with Crippen LogP contribution in [0, 0.1) is 6.92 Å². The number of hydrogen-bond acceptors (Lipinski definition) is 4. The summed E-state index contributed by atoms with van der Waals surface area (Å²) in [4.78, 5) is 24.0. The number of aryl methyl sites for hydroxylation is 1. The van der Waals surface area contributed by atoms with Crippen molar-refractivity contribution < 1.29 is 27.5 Å². The molecular formula is C23H24ClF3N4O3. The van der Waals surface area contributed by atoms with Crippen LogP contribution in [0.5, 0.6) is 5.75 Å². The van der Waals surface area contributed by atoms with Gasteiger partial charge in [0, 0.05) is 23.3 Å². The number of carbonyl (C=O) groups is 2. The highest BCUT2D eigenvalue weighted by Crippen LogP contribution is 2.35. The van der Waals surface area contributed by atoms with Crippen LogP contribution in [-0.4, -0.2) is 28.7 Å². The summed E-state index contributed by atoms with van der Waals surface area (Å²) in [6, 6.07) is 8.54. The van der Waals surface area contributed by atoms with Crippen molar-refractivity contribution in [3.8, 4) is 11.4 Å². The van der Waals surface area contributed by atoms with Crippen LogP contribution in [0.25, 0.3) is 5.69 Å². The van der Waals surface area contributed by atoms with Crippen molar-refractivity contribution in [1.82, 2.24) is 9.78 Å². The first-order valence-electron chi connectivity index (χ1n) is 10.2. The van der Waals surface area contributed by atoms with E-state index in [1.54, 1.807) is 6.92 Å². The first-order valence-corrected chi connectivity index (χ1v) is 10.6. The number of hydrogen-bond donors (Lipinski definition) is 2. The molecule has 0 atom stereocenters. The van der Waals surface area contributed by atoms with Gasteiger partial charge >= 0.3 is 6.18 Å². The highest BCUT2D eigenvalue weighted by Gasteiger charge is 2.40. The maximum absolute atomic E-state index is 13.9. The monoisotopic (exact) mass is 496 g/mol. The molecule has 7 nitrogen and oxygen atoms in total. The van der Waals surface area contributed by atoms with E-state index in [2.05, 4.69) is 15.7 Å². The van der Waals surface area contributed by atoms with Gasteiger partial charge in [0.05, 0.1) is 24.6 Å². The van der Waals surface area contributed by atoms with Crippen molar-refractivity contribution in [2.75, 3.05) is 17.7 Å². The van der Waals surface area contributed by atoms with Crippen LogP contribution in [0.15, 0.2) is 42.6 Å². The van der Waals surface area contributed by atoms with Crippen molar-refractivity contribution in [1.29, 1.82) is 0 Å². The van der Waals surface area contributed by atoms with Crippen LogP contribution in [0.2, 0.25) is 5.02 Å². The van der Waals surface area contributed by atoms with Crippen molar-refractivity contribution in [3.05, 3.63) is 64.4 Å². The molecule has 0 radical (unpaired) electrons. The lowest BCUT2D eigenvalue weighted by Crippen LogP contribution is -2.21. The zero-order chi connectivity index (χ0) is 25.6. The summed E-state index contributed by atoms with van der Waals surface area (Å²) < 4.78 is 47.5. The van der Waals surface area contributed by atoms with Gasteiger partial charge in [-0.3, -0.25) is 9.59 Å². The number of aromatic nitrogens is 2. The molecule has 2 aromatic carbocycles. The predicted octanol–water partition coefficient (Wildman–Crippen LogP) is 6.10. The van der Waals surface area contributed by atoms with Crippen molar-refractivity contribution >= 4 is 34.8 Å². The topological polar surface area (TPSA) is 85.2 Å². The molecule has 34 heavy (non-hydrogen) atoms. The summed E-state index contributed by atoms with van der Waals surface area (Å²) in [6.45, 7) is 6.96. The van der Waals surface area contributed by atoms with Gasteiger partial charge in [0.2, 0.25) is 5.91 Å². The minimum Gasteiger partial charge on any atom is -0.496 e. The molecule has 0 aliphatic carbocycles. The number of halogens is 4. The molecule has 0 spiro atoms. The summed E-state index contributed by atoms with van der Waals surface area (Å²) in [5.41, 5.74) is -0.807. The minimum atomic E-state index is -4.87. The number of nitrogens with zero attached hydrogens (tertiary/aromatic N) is 2. The molecule has 182 valence electrons. The number of nitrogens with one attached hydrogen (secondary N) is 2. The van der Waals surface area contributed by atoms with Crippen LogP contribution >= 0.6 is 11.6 Å². The second-order valence-electron chi connectivity index (χ2n) is 6.83. The molecule has 0 unspecified atom stereocenters. The predicted molar refractivity (Wildman–Crippen MR) is 125 cm³/mol. The maximum Gasteiger partial charge on any atom is 0.434 e. The normalized spacial score (nSPS) is 10.7. The van der Waals surface area contributed by atoms with Crippen LogP contribution < -0.4 is 15.4 Å². The SMILES string of the molecule is CC.COc1ccc(-n2ncc(C(=O)Nc3cc(Cl)cc(NC(C)=O)c3)c2C(F)(F)F)cc1C. The van der Waals surface area contributed by atoms with Gasteiger partial charge in [-0.2, -0.15) is 18.3 Å². The molecule has 1 aromatic heterocycles. The quantitative estimate of drug-likeness (QED) is 0.447. The zero-order valence-electron chi connectivity index (χ0n) is 19.2. The van der Waals surface area contributed by atoms with Crippen LogP contribution in [0.1, 0.15) is 42.4 Å². The number of anilines is 2. The Hall–Kier alpha value is -3.53. The van der Waals surface area contributed by atoms with Crippen molar-refractivity contribution in [3.63, 3.8) is 0 Å². The van der Waals surface area contributed by atoms with Crippen molar-refractivity contribution in [2.45, 2.75) is 33.9 Å². The molecular weight excluding hydrogens is 473 g/mol. The Morgan fingerprint density at radius 3 is 2.21 bits per heavy atom. The fourth-order valence-electron chi connectivity index (χ4n) is 3.11. The lowest BCUT2D eigenvalue weighted by atomic mass is 10.1. The molecule has 2 amide bonds. The summed E-state index contributed by atoms with van der Waals surface area (Å²) in [6.07, 6.45) is -4.02. The lowest BCUT2D eigenvalue weighted by molar-refractivity contribution is -0.143. The maximum atomic E-state index is 13.9. The molecule has 3 rings (SSSR count). The Bertz CT molecular complexity index is 1190. The largest absolute Gasteiger partial charge is 0.496 e. The summed E-state index contributed by atoms with van der Waals surface area (Å²) in [5.74, 6) is -0.909. The second-order valence-corrected chi connectivity index (χ2v) is 7.27. The van der Waals surface area contributed by atoms with E-state index >= 15 is 0 Å². The molecule has 3 aromatic rings. The number of benzene rings is 2. The fraction of sp³-hybridized carbons (Fsp3) is 0.261. The number of rotatable bonds is 5. The van der Waals surface area contributed by atoms with Gasteiger partial charge in [-0.1, -0.05) is 25.4 Å². The standard InChI is InChI=1S/C21H18ClF3N4O3.C2H6/c1-11-6-16(4-5-18(11)32-3)29-19(21(23,24)25)17(10-26-29)20(31)28-15-8-13(22)7-14(9-15)27-12(2)30;1-2/h4-10H,1-3H3,(H,27,30)(H,28,31);1-2H3. The van der Waals surface area contributed by atoms with E-state index in [0.717, 1.165) is 6.20 Å². The number of alkyl halides is 3.